The first-order valence-electron chi connectivity index (χ1n) is 9.38. The summed E-state index contributed by atoms with van der Waals surface area (Å²) < 4.78 is 5.36. The summed E-state index contributed by atoms with van der Waals surface area (Å²) in [6.45, 7) is 8.51. The van der Waals surface area contributed by atoms with E-state index in [1.54, 1.807) is 0 Å². The zero-order valence-electron chi connectivity index (χ0n) is 15.7. The van der Waals surface area contributed by atoms with Gasteiger partial charge in [0.05, 0.1) is 12.2 Å². The summed E-state index contributed by atoms with van der Waals surface area (Å²) in [5.41, 5.74) is 1.98. The molecule has 7 heteroatoms. The zero-order valence-corrected chi connectivity index (χ0v) is 15.7. The number of anilines is 1. The van der Waals surface area contributed by atoms with Crippen molar-refractivity contribution in [1.82, 2.24) is 25.2 Å². The van der Waals surface area contributed by atoms with E-state index in [0.717, 1.165) is 49.1 Å². The molecule has 4 rings (SSSR count). The van der Waals surface area contributed by atoms with E-state index in [2.05, 4.69) is 50.1 Å². The minimum Gasteiger partial charge on any atom is -0.353 e. The van der Waals surface area contributed by atoms with Gasteiger partial charge in [-0.25, -0.2) is 0 Å². The molecule has 0 unspecified atom stereocenters. The molecule has 27 heavy (non-hydrogen) atoms. The Morgan fingerprint density at radius 1 is 0.963 bits per heavy atom. The second-order valence-electron chi connectivity index (χ2n) is 7.11. The molecule has 0 aliphatic carbocycles. The average Bonchev–Trinajstić information content (AvgIpc) is 3.18. The molecule has 0 N–H and O–H groups in total. The highest BCUT2D eigenvalue weighted by Crippen LogP contribution is 2.19. The van der Waals surface area contributed by atoms with Crippen molar-refractivity contribution in [2.75, 3.05) is 31.1 Å². The SMILES string of the molecule is CC(C)c1noc(CN2CCN(c3ccc(-c4ccccc4)nn3)CC2)n1. The van der Waals surface area contributed by atoms with E-state index in [1.807, 2.05) is 36.4 Å². The number of piperazine rings is 1. The molecule has 0 saturated carbocycles. The summed E-state index contributed by atoms with van der Waals surface area (Å²) >= 11 is 0. The molecule has 0 amide bonds. The van der Waals surface area contributed by atoms with Crippen LogP contribution in [0.1, 0.15) is 31.5 Å². The molecule has 1 aliphatic rings. The Morgan fingerprint density at radius 3 is 2.37 bits per heavy atom. The summed E-state index contributed by atoms with van der Waals surface area (Å²) in [6.07, 6.45) is 0. The lowest BCUT2D eigenvalue weighted by molar-refractivity contribution is 0.215. The molecule has 1 aliphatic heterocycles. The largest absolute Gasteiger partial charge is 0.353 e. The lowest BCUT2D eigenvalue weighted by Crippen LogP contribution is -2.46. The van der Waals surface area contributed by atoms with Gasteiger partial charge in [-0.05, 0) is 12.1 Å². The number of nitrogens with zero attached hydrogens (tertiary/aromatic N) is 6. The van der Waals surface area contributed by atoms with Crippen molar-refractivity contribution in [2.24, 2.45) is 0 Å². The first-order chi connectivity index (χ1) is 13.2. The van der Waals surface area contributed by atoms with Crippen LogP contribution in [0.3, 0.4) is 0 Å². The van der Waals surface area contributed by atoms with Crippen LogP contribution in [0.15, 0.2) is 47.0 Å². The van der Waals surface area contributed by atoms with Crippen molar-refractivity contribution in [3.8, 4) is 11.3 Å². The Balaban J connectivity index is 1.33. The van der Waals surface area contributed by atoms with Gasteiger partial charge >= 0.3 is 0 Å². The molecular formula is C20H24N6O. The zero-order chi connectivity index (χ0) is 18.6. The van der Waals surface area contributed by atoms with Gasteiger partial charge in [-0.3, -0.25) is 4.90 Å². The highest BCUT2D eigenvalue weighted by Gasteiger charge is 2.21. The van der Waals surface area contributed by atoms with Gasteiger partial charge in [0, 0.05) is 37.7 Å². The lowest BCUT2D eigenvalue weighted by Gasteiger charge is -2.34. The molecule has 1 aromatic carbocycles. The lowest BCUT2D eigenvalue weighted by atomic mass is 10.1. The summed E-state index contributed by atoms with van der Waals surface area (Å²) in [7, 11) is 0. The molecule has 3 heterocycles. The number of hydrogen-bond acceptors (Lipinski definition) is 7. The van der Waals surface area contributed by atoms with Crippen LogP contribution < -0.4 is 4.90 Å². The van der Waals surface area contributed by atoms with Crippen molar-refractivity contribution >= 4 is 5.82 Å². The van der Waals surface area contributed by atoms with Crippen LogP contribution >= 0.6 is 0 Å². The van der Waals surface area contributed by atoms with E-state index in [1.165, 1.54) is 0 Å². The molecule has 7 nitrogen and oxygen atoms in total. The van der Waals surface area contributed by atoms with Gasteiger partial charge in [0.2, 0.25) is 5.89 Å². The van der Waals surface area contributed by atoms with Crippen LogP contribution in [0.5, 0.6) is 0 Å². The maximum Gasteiger partial charge on any atom is 0.240 e. The molecule has 2 aromatic heterocycles. The second-order valence-corrected chi connectivity index (χ2v) is 7.11. The minimum absolute atomic E-state index is 0.289. The standard InChI is InChI=1S/C20H24N6O/c1-15(2)20-21-19(27-24-20)14-25-10-12-26(13-11-25)18-9-8-17(22-23-18)16-6-4-3-5-7-16/h3-9,15H,10-14H2,1-2H3. The normalized spacial score (nSPS) is 15.4. The van der Waals surface area contributed by atoms with E-state index < -0.39 is 0 Å². The molecule has 140 valence electrons. The van der Waals surface area contributed by atoms with Crippen LogP contribution in [-0.2, 0) is 6.54 Å². The van der Waals surface area contributed by atoms with Crippen molar-refractivity contribution in [1.29, 1.82) is 0 Å². The maximum atomic E-state index is 5.36. The third-order valence-electron chi connectivity index (χ3n) is 4.78. The van der Waals surface area contributed by atoms with Crippen LogP contribution in [0, 0.1) is 0 Å². The van der Waals surface area contributed by atoms with E-state index in [4.69, 9.17) is 4.52 Å². The van der Waals surface area contributed by atoms with E-state index >= 15 is 0 Å². The molecule has 1 saturated heterocycles. The Morgan fingerprint density at radius 2 is 1.74 bits per heavy atom. The van der Waals surface area contributed by atoms with Gasteiger partial charge in [-0.15, -0.1) is 10.2 Å². The quantitative estimate of drug-likeness (QED) is 0.689. The van der Waals surface area contributed by atoms with Gasteiger partial charge in [0.1, 0.15) is 0 Å². The molecular weight excluding hydrogens is 340 g/mol. The fourth-order valence-corrected chi connectivity index (χ4v) is 3.15. The van der Waals surface area contributed by atoms with Crippen LogP contribution in [-0.4, -0.2) is 51.4 Å². The Kier molecular flexibility index (Phi) is 5.11. The summed E-state index contributed by atoms with van der Waals surface area (Å²) in [4.78, 5) is 9.07. The Hall–Kier alpha value is -2.80. The Labute approximate surface area is 159 Å². The number of aromatic nitrogens is 4. The number of benzene rings is 1. The molecule has 0 radical (unpaired) electrons. The van der Waals surface area contributed by atoms with Crippen molar-refractivity contribution in [3.63, 3.8) is 0 Å². The Bertz CT molecular complexity index is 854. The second kappa shape index (κ2) is 7.84. The van der Waals surface area contributed by atoms with Crippen LogP contribution in [0.4, 0.5) is 5.82 Å². The first kappa shape index (κ1) is 17.6. The predicted molar refractivity (Wildman–Crippen MR) is 103 cm³/mol. The van der Waals surface area contributed by atoms with Crippen molar-refractivity contribution in [2.45, 2.75) is 26.3 Å². The molecule has 3 aromatic rings. The van der Waals surface area contributed by atoms with Gasteiger partial charge in [-0.1, -0.05) is 49.3 Å². The summed E-state index contributed by atoms with van der Waals surface area (Å²) in [5, 5.41) is 12.9. The number of hydrogen-bond donors (Lipinski definition) is 0. The molecule has 1 fully saturated rings. The fraction of sp³-hybridized carbons (Fsp3) is 0.400. The summed E-state index contributed by atoms with van der Waals surface area (Å²) in [5.74, 6) is 2.68. The molecule has 0 bridgehead atoms. The highest BCUT2D eigenvalue weighted by atomic mass is 16.5. The smallest absolute Gasteiger partial charge is 0.240 e. The third kappa shape index (κ3) is 4.14. The first-order valence-corrected chi connectivity index (χ1v) is 9.38. The van der Waals surface area contributed by atoms with E-state index in [9.17, 15) is 0 Å². The van der Waals surface area contributed by atoms with Gasteiger partial charge in [0.25, 0.3) is 0 Å². The third-order valence-corrected chi connectivity index (χ3v) is 4.78. The maximum absolute atomic E-state index is 5.36. The molecule has 0 atom stereocenters. The molecule has 0 spiro atoms. The van der Waals surface area contributed by atoms with E-state index in [0.29, 0.717) is 12.4 Å². The van der Waals surface area contributed by atoms with E-state index in [-0.39, 0.29) is 5.92 Å². The minimum atomic E-state index is 0.289. The highest BCUT2D eigenvalue weighted by molar-refractivity contribution is 5.59. The predicted octanol–water partition coefficient (Wildman–Crippen LogP) is 2.97. The summed E-state index contributed by atoms with van der Waals surface area (Å²) in [6, 6.07) is 14.2. The van der Waals surface area contributed by atoms with Crippen LogP contribution in [0.25, 0.3) is 11.3 Å². The van der Waals surface area contributed by atoms with Crippen molar-refractivity contribution < 1.29 is 4.52 Å². The average molecular weight is 364 g/mol. The van der Waals surface area contributed by atoms with Crippen molar-refractivity contribution in [3.05, 3.63) is 54.2 Å². The van der Waals surface area contributed by atoms with Gasteiger partial charge in [0.15, 0.2) is 11.6 Å². The topological polar surface area (TPSA) is 71.2 Å². The fourth-order valence-electron chi connectivity index (χ4n) is 3.15. The van der Waals surface area contributed by atoms with Crippen LogP contribution in [0.2, 0.25) is 0 Å². The monoisotopic (exact) mass is 364 g/mol. The number of rotatable bonds is 5. The van der Waals surface area contributed by atoms with Gasteiger partial charge in [-0.2, -0.15) is 4.98 Å². The van der Waals surface area contributed by atoms with Gasteiger partial charge < -0.3 is 9.42 Å².